The molecule has 2 rings (SSSR count). The number of phenolic OH excluding ortho intramolecular Hbond substituents is 1. The normalized spacial score (nSPS) is 25.2. The third kappa shape index (κ3) is 3.86. The Labute approximate surface area is 118 Å². The molecule has 4 heteroatoms. The van der Waals surface area contributed by atoms with Crippen molar-refractivity contribution in [2.24, 2.45) is 0 Å². The SMILES string of the molecule is CSC1CCCC(NC(C)c2ccc(O)cc2F)C1. The molecule has 1 saturated carbocycles. The van der Waals surface area contributed by atoms with Gasteiger partial charge in [0.25, 0.3) is 0 Å². The first-order valence-electron chi connectivity index (χ1n) is 6.87. The highest BCUT2D eigenvalue weighted by Crippen LogP contribution is 2.29. The molecule has 1 aliphatic carbocycles. The Hall–Kier alpha value is -0.740. The van der Waals surface area contributed by atoms with Crippen LogP contribution in [-0.2, 0) is 0 Å². The molecule has 0 bridgehead atoms. The molecule has 1 fully saturated rings. The molecule has 19 heavy (non-hydrogen) atoms. The molecular weight excluding hydrogens is 261 g/mol. The molecule has 3 atom stereocenters. The molecule has 0 heterocycles. The Morgan fingerprint density at radius 2 is 2.21 bits per heavy atom. The molecule has 0 saturated heterocycles. The number of phenols is 1. The van der Waals surface area contributed by atoms with Crippen molar-refractivity contribution in [2.75, 3.05) is 6.26 Å². The van der Waals surface area contributed by atoms with Gasteiger partial charge in [-0.25, -0.2) is 4.39 Å². The second kappa shape index (κ2) is 6.62. The Morgan fingerprint density at radius 1 is 1.42 bits per heavy atom. The molecule has 0 spiro atoms. The van der Waals surface area contributed by atoms with E-state index in [1.54, 1.807) is 12.1 Å². The number of nitrogens with one attached hydrogen (secondary N) is 1. The van der Waals surface area contributed by atoms with Crippen molar-refractivity contribution in [3.8, 4) is 5.75 Å². The first-order valence-corrected chi connectivity index (χ1v) is 8.16. The lowest BCUT2D eigenvalue weighted by molar-refractivity contribution is 0.349. The highest BCUT2D eigenvalue weighted by atomic mass is 32.2. The summed E-state index contributed by atoms with van der Waals surface area (Å²) >= 11 is 1.93. The van der Waals surface area contributed by atoms with Crippen molar-refractivity contribution in [2.45, 2.75) is 49.9 Å². The van der Waals surface area contributed by atoms with Crippen LogP contribution in [0.25, 0.3) is 0 Å². The maximum absolute atomic E-state index is 13.8. The lowest BCUT2D eigenvalue weighted by Gasteiger charge is -2.31. The van der Waals surface area contributed by atoms with Gasteiger partial charge in [-0.1, -0.05) is 12.5 Å². The van der Waals surface area contributed by atoms with Gasteiger partial charge in [-0.2, -0.15) is 11.8 Å². The summed E-state index contributed by atoms with van der Waals surface area (Å²) in [4.78, 5) is 0. The maximum atomic E-state index is 13.8. The summed E-state index contributed by atoms with van der Waals surface area (Å²) in [6.45, 7) is 1.98. The Morgan fingerprint density at radius 3 is 2.89 bits per heavy atom. The van der Waals surface area contributed by atoms with Crippen molar-refractivity contribution >= 4 is 11.8 Å². The summed E-state index contributed by atoms with van der Waals surface area (Å²) < 4.78 is 13.8. The highest BCUT2D eigenvalue weighted by molar-refractivity contribution is 7.99. The third-order valence-corrected chi connectivity index (χ3v) is 4.99. The fourth-order valence-electron chi connectivity index (χ4n) is 2.82. The number of benzene rings is 1. The van der Waals surface area contributed by atoms with Gasteiger partial charge in [0.15, 0.2) is 0 Å². The van der Waals surface area contributed by atoms with Crippen LogP contribution in [0.3, 0.4) is 0 Å². The van der Waals surface area contributed by atoms with Crippen LogP contribution in [0.15, 0.2) is 18.2 Å². The van der Waals surface area contributed by atoms with Gasteiger partial charge in [0.2, 0.25) is 0 Å². The topological polar surface area (TPSA) is 32.3 Å². The second-order valence-corrected chi connectivity index (χ2v) is 6.45. The fraction of sp³-hybridized carbons (Fsp3) is 0.600. The van der Waals surface area contributed by atoms with Crippen LogP contribution in [-0.4, -0.2) is 22.7 Å². The van der Waals surface area contributed by atoms with Crippen LogP contribution >= 0.6 is 11.8 Å². The first-order chi connectivity index (χ1) is 9.10. The number of aromatic hydroxyl groups is 1. The minimum absolute atomic E-state index is 0.0198. The molecule has 0 aliphatic heterocycles. The van der Waals surface area contributed by atoms with E-state index in [1.165, 1.54) is 25.3 Å². The first kappa shape index (κ1) is 14.7. The van der Waals surface area contributed by atoms with Crippen LogP contribution in [0, 0.1) is 5.82 Å². The fourth-order valence-corrected chi connectivity index (χ4v) is 3.65. The summed E-state index contributed by atoms with van der Waals surface area (Å²) in [5, 5.41) is 13.5. The van der Waals surface area contributed by atoms with Crippen molar-refractivity contribution in [1.82, 2.24) is 5.32 Å². The van der Waals surface area contributed by atoms with Gasteiger partial charge < -0.3 is 10.4 Å². The van der Waals surface area contributed by atoms with E-state index >= 15 is 0 Å². The summed E-state index contributed by atoms with van der Waals surface area (Å²) in [5.41, 5.74) is 0.629. The molecule has 106 valence electrons. The predicted molar refractivity (Wildman–Crippen MR) is 79.2 cm³/mol. The monoisotopic (exact) mass is 283 g/mol. The average molecular weight is 283 g/mol. The summed E-state index contributed by atoms with van der Waals surface area (Å²) in [7, 11) is 0. The van der Waals surface area contributed by atoms with Crippen LogP contribution in [0.4, 0.5) is 4.39 Å². The van der Waals surface area contributed by atoms with Crippen molar-refractivity contribution in [3.05, 3.63) is 29.6 Å². The summed E-state index contributed by atoms with van der Waals surface area (Å²) in [5.74, 6) is -0.356. The summed E-state index contributed by atoms with van der Waals surface area (Å²) in [6.07, 6.45) is 7.03. The van der Waals surface area contributed by atoms with Gasteiger partial charge in [-0.3, -0.25) is 0 Å². The highest BCUT2D eigenvalue weighted by Gasteiger charge is 2.23. The van der Waals surface area contributed by atoms with Gasteiger partial charge >= 0.3 is 0 Å². The second-order valence-electron chi connectivity index (χ2n) is 5.32. The van der Waals surface area contributed by atoms with Crippen molar-refractivity contribution < 1.29 is 9.50 Å². The maximum Gasteiger partial charge on any atom is 0.131 e. The molecule has 0 radical (unpaired) electrons. The van der Waals surface area contributed by atoms with Crippen LogP contribution in [0.5, 0.6) is 5.75 Å². The zero-order valence-corrected chi connectivity index (χ0v) is 12.3. The van der Waals surface area contributed by atoms with Gasteiger partial charge in [0, 0.05) is 29.0 Å². The van der Waals surface area contributed by atoms with E-state index < -0.39 is 0 Å². The molecule has 3 unspecified atom stereocenters. The number of halogens is 1. The van der Waals surface area contributed by atoms with Gasteiger partial charge in [-0.15, -0.1) is 0 Å². The number of thioether (sulfide) groups is 1. The van der Waals surface area contributed by atoms with Crippen molar-refractivity contribution in [3.63, 3.8) is 0 Å². The van der Waals surface area contributed by atoms with Gasteiger partial charge in [-0.05, 0) is 38.5 Å². The molecule has 2 N–H and O–H groups in total. The van der Waals surface area contributed by atoms with E-state index in [-0.39, 0.29) is 17.6 Å². The zero-order valence-electron chi connectivity index (χ0n) is 11.5. The van der Waals surface area contributed by atoms with Crippen LogP contribution < -0.4 is 5.32 Å². The Kier molecular flexibility index (Phi) is 5.11. The lowest BCUT2D eigenvalue weighted by atomic mass is 9.93. The summed E-state index contributed by atoms with van der Waals surface area (Å²) in [6, 6.07) is 4.83. The minimum Gasteiger partial charge on any atom is -0.508 e. The molecular formula is C15H22FNOS. The van der Waals surface area contributed by atoms with Crippen LogP contribution in [0.1, 0.15) is 44.2 Å². The molecule has 1 aromatic rings. The molecule has 2 nitrogen and oxygen atoms in total. The largest absolute Gasteiger partial charge is 0.508 e. The molecule has 1 aliphatic rings. The predicted octanol–water partition coefficient (Wildman–Crippen LogP) is 3.86. The minimum atomic E-state index is -0.336. The molecule has 0 aromatic heterocycles. The smallest absolute Gasteiger partial charge is 0.131 e. The Balaban J connectivity index is 1.98. The standard InChI is InChI=1S/C15H22FNOS/c1-10(14-7-6-12(18)9-15(14)16)17-11-4-3-5-13(8-11)19-2/h6-7,9-11,13,17-18H,3-5,8H2,1-2H3. The van der Waals surface area contributed by atoms with E-state index in [1.807, 2.05) is 18.7 Å². The van der Waals surface area contributed by atoms with E-state index in [0.717, 1.165) is 11.7 Å². The lowest BCUT2D eigenvalue weighted by Crippen LogP contribution is -2.36. The quantitative estimate of drug-likeness (QED) is 0.880. The van der Waals surface area contributed by atoms with E-state index in [0.29, 0.717) is 11.6 Å². The van der Waals surface area contributed by atoms with E-state index in [2.05, 4.69) is 11.6 Å². The average Bonchev–Trinajstić information content (AvgIpc) is 2.38. The Bertz CT molecular complexity index is 427. The number of hydrogen-bond acceptors (Lipinski definition) is 3. The van der Waals surface area contributed by atoms with Gasteiger partial charge in [0.05, 0.1) is 0 Å². The molecule has 0 amide bonds. The zero-order chi connectivity index (χ0) is 13.8. The number of rotatable bonds is 4. The van der Waals surface area contributed by atoms with Crippen LogP contribution in [0.2, 0.25) is 0 Å². The van der Waals surface area contributed by atoms with Gasteiger partial charge in [0.1, 0.15) is 11.6 Å². The number of hydrogen-bond donors (Lipinski definition) is 2. The van der Waals surface area contributed by atoms with E-state index in [9.17, 15) is 9.50 Å². The third-order valence-electron chi connectivity index (χ3n) is 3.90. The van der Waals surface area contributed by atoms with Crippen molar-refractivity contribution in [1.29, 1.82) is 0 Å². The van der Waals surface area contributed by atoms with E-state index in [4.69, 9.17) is 0 Å². The molecule has 1 aromatic carbocycles.